The van der Waals surface area contributed by atoms with Gasteiger partial charge in [0.05, 0.1) is 24.5 Å². The molecule has 0 saturated carbocycles. The van der Waals surface area contributed by atoms with Crippen molar-refractivity contribution in [1.29, 1.82) is 0 Å². The van der Waals surface area contributed by atoms with E-state index in [-0.39, 0.29) is 24.7 Å². The molecular weight excluding hydrogens is 278 g/mol. The largest absolute Gasteiger partial charge is 0.479 e. The minimum absolute atomic E-state index is 0.0460. The summed E-state index contributed by atoms with van der Waals surface area (Å²) in [5.41, 5.74) is -0.544. The Morgan fingerprint density at radius 2 is 2.33 bits per heavy atom. The highest BCUT2D eigenvalue weighted by Crippen LogP contribution is 2.23. The van der Waals surface area contributed by atoms with Gasteiger partial charge in [-0.15, -0.1) is 0 Å². The SMILES string of the molecule is CCOC(=O)c1cnc(NC2(C(=O)O)CCOC2)nc1C. The highest BCUT2D eigenvalue weighted by molar-refractivity contribution is 5.90. The van der Waals surface area contributed by atoms with E-state index in [1.807, 2.05) is 0 Å². The number of aliphatic carboxylic acids is 1. The summed E-state index contributed by atoms with van der Waals surface area (Å²) in [6, 6.07) is 0. The number of carbonyl (C=O) groups is 2. The number of carboxylic acid groups (broad SMARTS) is 1. The molecule has 1 aromatic rings. The van der Waals surface area contributed by atoms with E-state index >= 15 is 0 Å². The van der Waals surface area contributed by atoms with Gasteiger partial charge in [0, 0.05) is 19.2 Å². The third-order valence-electron chi connectivity index (χ3n) is 3.26. The van der Waals surface area contributed by atoms with Crippen LogP contribution in [0, 0.1) is 6.92 Å². The fourth-order valence-corrected chi connectivity index (χ4v) is 2.04. The van der Waals surface area contributed by atoms with E-state index in [0.717, 1.165) is 0 Å². The lowest BCUT2D eigenvalue weighted by molar-refractivity contribution is -0.142. The zero-order valence-corrected chi connectivity index (χ0v) is 11.9. The van der Waals surface area contributed by atoms with Gasteiger partial charge in [-0.05, 0) is 13.8 Å². The molecule has 2 N–H and O–H groups in total. The predicted octanol–water partition coefficient (Wildman–Crippen LogP) is 0.617. The fraction of sp³-hybridized carbons (Fsp3) is 0.538. The molecule has 0 bridgehead atoms. The molecule has 0 spiro atoms. The molecular formula is C13H17N3O5. The van der Waals surface area contributed by atoms with Crippen LogP contribution in [-0.4, -0.2) is 52.4 Å². The molecule has 21 heavy (non-hydrogen) atoms. The number of aromatic nitrogens is 2. The predicted molar refractivity (Wildman–Crippen MR) is 72.2 cm³/mol. The molecule has 1 aliphatic heterocycles. The number of carbonyl (C=O) groups excluding carboxylic acids is 1. The molecule has 114 valence electrons. The second-order valence-corrected chi connectivity index (χ2v) is 4.73. The number of nitrogens with one attached hydrogen (secondary N) is 1. The monoisotopic (exact) mass is 295 g/mol. The molecule has 1 aromatic heterocycles. The average molecular weight is 295 g/mol. The van der Waals surface area contributed by atoms with E-state index in [1.54, 1.807) is 13.8 Å². The summed E-state index contributed by atoms with van der Waals surface area (Å²) in [7, 11) is 0. The molecule has 1 saturated heterocycles. The van der Waals surface area contributed by atoms with Crippen molar-refractivity contribution in [2.75, 3.05) is 25.1 Å². The van der Waals surface area contributed by atoms with Gasteiger partial charge in [-0.1, -0.05) is 0 Å². The molecule has 0 aromatic carbocycles. The number of aryl methyl sites for hydroxylation is 1. The van der Waals surface area contributed by atoms with E-state index < -0.39 is 17.5 Å². The van der Waals surface area contributed by atoms with Crippen LogP contribution in [0.3, 0.4) is 0 Å². The van der Waals surface area contributed by atoms with Crippen LogP contribution >= 0.6 is 0 Å². The van der Waals surface area contributed by atoms with E-state index in [1.165, 1.54) is 6.20 Å². The molecule has 0 radical (unpaired) electrons. The van der Waals surface area contributed by atoms with Gasteiger partial charge in [0.15, 0.2) is 5.54 Å². The van der Waals surface area contributed by atoms with Crippen LogP contribution in [0.5, 0.6) is 0 Å². The fourth-order valence-electron chi connectivity index (χ4n) is 2.04. The molecule has 1 fully saturated rings. The lowest BCUT2D eigenvalue weighted by atomic mass is 9.99. The maximum absolute atomic E-state index is 11.7. The molecule has 1 aliphatic rings. The summed E-state index contributed by atoms with van der Waals surface area (Å²) < 4.78 is 10.0. The van der Waals surface area contributed by atoms with Crippen LogP contribution in [0.25, 0.3) is 0 Å². The van der Waals surface area contributed by atoms with Gasteiger partial charge >= 0.3 is 11.9 Å². The van der Waals surface area contributed by atoms with Gasteiger partial charge in [0.1, 0.15) is 0 Å². The van der Waals surface area contributed by atoms with Crippen molar-refractivity contribution in [2.24, 2.45) is 0 Å². The van der Waals surface area contributed by atoms with Crippen molar-refractivity contribution >= 4 is 17.9 Å². The molecule has 8 heteroatoms. The highest BCUT2D eigenvalue weighted by Gasteiger charge is 2.43. The molecule has 1 atom stereocenters. The van der Waals surface area contributed by atoms with Gasteiger partial charge in [0.25, 0.3) is 0 Å². The summed E-state index contributed by atoms with van der Waals surface area (Å²) in [6.45, 7) is 4.01. The van der Waals surface area contributed by atoms with Crippen LogP contribution in [0.4, 0.5) is 5.95 Å². The number of esters is 1. The molecule has 2 heterocycles. The topological polar surface area (TPSA) is 111 Å². The Bertz CT molecular complexity index is 555. The van der Waals surface area contributed by atoms with Crippen molar-refractivity contribution in [3.8, 4) is 0 Å². The molecule has 0 amide bonds. The first-order valence-electron chi connectivity index (χ1n) is 6.58. The normalized spacial score (nSPS) is 21.0. The highest BCUT2D eigenvalue weighted by atomic mass is 16.5. The van der Waals surface area contributed by atoms with Crippen molar-refractivity contribution in [2.45, 2.75) is 25.8 Å². The van der Waals surface area contributed by atoms with Crippen LogP contribution in [-0.2, 0) is 14.3 Å². The smallest absolute Gasteiger partial charge is 0.341 e. The van der Waals surface area contributed by atoms with E-state index in [9.17, 15) is 14.7 Å². The second kappa shape index (κ2) is 6.04. The van der Waals surface area contributed by atoms with Crippen LogP contribution in [0.1, 0.15) is 29.4 Å². The van der Waals surface area contributed by atoms with Crippen LogP contribution < -0.4 is 5.32 Å². The number of ether oxygens (including phenoxy) is 2. The Kier molecular flexibility index (Phi) is 4.37. The standard InChI is InChI=1S/C13H17N3O5/c1-3-21-10(17)9-6-14-12(15-8(9)2)16-13(11(18)19)4-5-20-7-13/h6H,3-5,7H2,1-2H3,(H,18,19)(H,14,15,16). The Morgan fingerprint density at radius 3 is 2.86 bits per heavy atom. The van der Waals surface area contributed by atoms with Crippen LogP contribution in [0.2, 0.25) is 0 Å². The van der Waals surface area contributed by atoms with E-state index in [2.05, 4.69) is 15.3 Å². The summed E-state index contributed by atoms with van der Waals surface area (Å²) in [5, 5.41) is 12.1. The number of rotatable bonds is 5. The molecule has 1 unspecified atom stereocenters. The third-order valence-corrected chi connectivity index (χ3v) is 3.26. The maximum Gasteiger partial charge on any atom is 0.341 e. The second-order valence-electron chi connectivity index (χ2n) is 4.73. The summed E-state index contributed by atoms with van der Waals surface area (Å²) >= 11 is 0. The third kappa shape index (κ3) is 3.10. The maximum atomic E-state index is 11.7. The van der Waals surface area contributed by atoms with Crippen molar-refractivity contribution in [1.82, 2.24) is 9.97 Å². The zero-order valence-electron chi connectivity index (χ0n) is 11.9. The Labute approximate surface area is 121 Å². The first-order valence-corrected chi connectivity index (χ1v) is 6.58. The zero-order chi connectivity index (χ0) is 15.5. The molecule has 2 rings (SSSR count). The number of hydrogen-bond acceptors (Lipinski definition) is 7. The van der Waals surface area contributed by atoms with E-state index in [4.69, 9.17) is 9.47 Å². The van der Waals surface area contributed by atoms with E-state index in [0.29, 0.717) is 18.7 Å². The summed E-state index contributed by atoms with van der Waals surface area (Å²) in [4.78, 5) is 31.2. The summed E-state index contributed by atoms with van der Waals surface area (Å²) in [5.74, 6) is -1.37. The number of nitrogens with zero attached hydrogens (tertiary/aromatic N) is 2. The van der Waals surface area contributed by atoms with Gasteiger partial charge in [-0.25, -0.2) is 19.6 Å². The van der Waals surface area contributed by atoms with Gasteiger partial charge in [0.2, 0.25) is 5.95 Å². The van der Waals surface area contributed by atoms with Crippen LogP contribution in [0.15, 0.2) is 6.20 Å². The van der Waals surface area contributed by atoms with Crippen molar-refractivity contribution < 1.29 is 24.2 Å². The lowest BCUT2D eigenvalue weighted by Crippen LogP contribution is -2.47. The minimum Gasteiger partial charge on any atom is -0.479 e. The number of hydrogen-bond donors (Lipinski definition) is 2. The van der Waals surface area contributed by atoms with Crippen molar-refractivity contribution in [3.63, 3.8) is 0 Å². The Hall–Kier alpha value is -2.22. The number of anilines is 1. The van der Waals surface area contributed by atoms with Crippen molar-refractivity contribution in [3.05, 3.63) is 17.5 Å². The molecule has 0 aliphatic carbocycles. The molecule has 8 nitrogen and oxygen atoms in total. The van der Waals surface area contributed by atoms with Gasteiger partial charge in [-0.2, -0.15) is 0 Å². The van der Waals surface area contributed by atoms with Gasteiger partial charge in [-0.3, -0.25) is 0 Å². The minimum atomic E-state index is -1.22. The summed E-state index contributed by atoms with van der Waals surface area (Å²) in [6.07, 6.45) is 1.65. The number of carboxylic acids is 1. The first kappa shape index (κ1) is 15.2. The van der Waals surface area contributed by atoms with Gasteiger partial charge < -0.3 is 19.9 Å². The Balaban J connectivity index is 2.20. The lowest BCUT2D eigenvalue weighted by Gasteiger charge is -2.23. The first-order chi connectivity index (χ1) is 9.98. The quantitative estimate of drug-likeness (QED) is 0.760. The Morgan fingerprint density at radius 1 is 1.57 bits per heavy atom. The average Bonchev–Trinajstić information content (AvgIpc) is 2.89.